The first-order chi connectivity index (χ1) is 12.8. The highest BCUT2D eigenvalue weighted by atomic mass is 16.5. The average molecular weight is 358 g/mol. The van der Waals surface area contributed by atoms with E-state index in [0.29, 0.717) is 6.61 Å². The highest BCUT2D eigenvalue weighted by molar-refractivity contribution is 5.40. The molecule has 5 heteroatoms. The number of rotatable bonds is 13. The van der Waals surface area contributed by atoms with E-state index in [1.54, 1.807) is 6.07 Å². The van der Waals surface area contributed by atoms with E-state index < -0.39 is 0 Å². The zero-order valence-electron chi connectivity index (χ0n) is 15.3. The van der Waals surface area contributed by atoms with E-state index in [9.17, 15) is 10.2 Å². The van der Waals surface area contributed by atoms with Crippen LogP contribution in [0.2, 0.25) is 0 Å². The molecule has 0 aromatic heterocycles. The first-order valence-corrected chi connectivity index (χ1v) is 9.29. The predicted octanol–water partition coefficient (Wildman–Crippen LogP) is 2.47. The maximum Gasteiger partial charge on any atom is 0.157 e. The van der Waals surface area contributed by atoms with E-state index in [2.05, 4.69) is 34.9 Å². The standard InChI is InChI=1S/C21H30N2O3/c24-20-8-7-19(17-21(20)25)10-13-23-14-16-26-15-4-11-22-12-9-18-5-2-1-3-6-18/h1-3,5-8,17,22-25H,4,9-16H2. The van der Waals surface area contributed by atoms with Crippen molar-refractivity contribution >= 4 is 0 Å². The molecule has 2 rings (SSSR count). The van der Waals surface area contributed by atoms with Crippen molar-refractivity contribution in [2.24, 2.45) is 0 Å². The van der Waals surface area contributed by atoms with E-state index >= 15 is 0 Å². The van der Waals surface area contributed by atoms with Crippen molar-refractivity contribution in [3.63, 3.8) is 0 Å². The summed E-state index contributed by atoms with van der Waals surface area (Å²) >= 11 is 0. The van der Waals surface area contributed by atoms with Crippen molar-refractivity contribution in [3.8, 4) is 11.5 Å². The molecule has 0 aliphatic carbocycles. The Morgan fingerprint density at radius 2 is 1.42 bits per heavy atom. The third kappa shape index (κ3) is 8.34. The van der Waals surface area contributed by atoms with E-state index in [4.69, 9.17) is 4.74 Å². The fourth-order valence-electron chi connectivity index (χ4n) is 2.63. The molecule has 4 N–H and O–H groups in total. The van der Waals surface area contributed by atoms with Gasteiger partial charge in [-0.15, -0.1) is 0 Å². The molecule has 0 heterocycles. The molecule has 0 radical (unpaired) electrons. The maximum absolute atomic E-state index is 9.44. The molecule has 0 bridgehead atoms. The smallest absolute Gasteiger partial charge is 0.157 e. The number of ether oxygens (including phenoxy) is 1. The summed E-state index contributed by atoms with van der Waals surface area (Å²) in [5, 5.41) is 25.5. The highest BCUT2D eigenvalue weighted by Crippen LogP contribution is 2.24. The van der Waals surface area contributed by atoms with Gasteiger partial charge in [0.25, 0.3) is 0 Å². The molecular formula is C21H30N2O3. The largest absolute Gasteiger partial charge is 0.504 e. The second-order valence-electron chi connectivity index (χ2n) is 6.27. The zero-order valence-corrected chi connectivity index (χ0v) is 15.3. The summed E-state index contributed by atoms with van der Waals surface area (Å²) < 4.78 is 5.61. The van der Waals surface area contributed by atoms with E-state index in [1.165, 1.54) is 11.6 Å². The molecule has 0 aliphatic heterocycles. The summed E-state index contributed by atoms with van der Waals surface area (Å²) in [6, 6.07) is 15.4. The van der Waals surface area contributed by atoms with Gasteiger partial charge in [-0.3, -0.25) is 0 Å². The Morgan fingerprint density at radius 3 is 2.19 bits per heavy atom. The van der Waals surface area contributed by atoms with Crippen LogP contribution in [-0.2, 0) is 17.6 Å². The van der Waals surface area contributed by atoms with Crippen molar-refractivity contribution < 1.29 is 14.9 Å². The van der Waals surface area contributed by atoms with Crippen LogP contribution in [0.5, 0.6) is 11.5 Å². The summed E-state index contributed by atoms with van der Waals surface area (Å²) in [6.07, 6.45) is 2.88. The van der Waals surface area contributed by atoms with Crippen LogP contribution < -0.4 is 10.6 Å². The molecule has 0 saturated heterocycles. The number of nitrogens with one attached hydrogen (secondary N) is 2. The van der Waals surface area contributed by atoms with Crippen molar-refractivity contribution in [1.82, 2.24) is 10.6 Å². The monoisotopic (exact) mass is 358 g/mol. The minimum atomic E-state index is -0.0790. The van der Waals surface area contributed by atoms with Crippen LogP contribution in [0.3, 0.4) is 0 Å². The Morgan fingerprint density at radius 1 is 0.692 bits per heavy atom. The molecule has 0 fully saturated rings. The Balaban J connectivity index is 1.36. The van der Waals surface area contributed by atoms with E-state index in [1.807, 2.05) is 12.1 Å². The van der Waals surface area contributed by atoms with Gasteiger partial charge in [-0.05, 0) is 62.2 Å². The maximum atomic E-state index is 9.44. The van der Waals surface area contributed by atoms with Crippen LogP contribution in [0.25, 0.3) is 0 Å². The number of hydrogen-bond acceptors (Lipinski definition) is 5. The van der Waals surface area contributed by atoms with Gasteiger partial charge in [0.1, 0.15) is 0 Å². The van der Waals surface area contributed by atoms with Gasteiger partial charge in [-0.25, -0.2) is 0 Å². The van der Waals surface area contributed by atoms with Crippen LogP contribution in [0, 0.1) is 0 Å². The number of phenolic OH excluding ortho intramolecular Hbond substituents is 2. The van der Waals surface area contributed by atoms with Crippen LogP contribution >= 0.6 is 0 Å². The quantitative estimate of drug-likeness (QED) is 0.327. The normalized spacial score (nSPS) is 10.9. The van der Waals surface area contributed by atoms with Gasteiger partial charge < -0.3 is 25.6 Å². The Hall–Kier alpha value is -2.08. The Kier molecular flexibility index (Phi) is 9.57. The third-order valence-electron chi connectivity index (χ3n) is 4.13. The fourth-order valence-corrected chi connectivity index (χ4v) is 2.63. The summed E-state index contributed by atoms with van der Waals surface area (Å²) in [4.78, 5) is 0. The van der Waals surface area contributed by atoms with E-state index in [0.717, 1.165) is 57.6 Å². The first kappa shape index (κ1) is 20.2. The summed E-state index contributed by atoms with van der Waals surface area (Å²) in [7, 11) is 0. The lowest BCUT2D eigenvalue weighted by Gasteiger charge is -2.08. The molecule has 0 amide bonds. The Bertz CT molecular complexity index is 620. The molecule has 26 heavy (non-hydrogen) atoms. The molecule has 0 spiro atoms. The first-order valence-electron chi connectivity index (χ1n) is 9.29. The van der Waals surface area contributed by atoms with Gasteiger partial charge in [0.05, 0.1) is 6.61 Å². The van der Waals surface area contributed by atoms with Crippen LogP contribution in [0.1, 0.15) is 17.5 Å². The second-order valence-corrected chi connectivity index (χ2v) is 6.27. The molecular weight excluding hydrogens is 328 g/mol. The Labute approximate surface area is 156 Å². The lowest BCUT2D eigenvalue weighted by Crippen LogP contribution is -2.23. The highest BCUT2D eigenvalue weighted by Gasteiger charge is 2.00. The lowest BCUT2D eigenvalue weighted by atomic mass is 10.1. The molecule has 142 valence electrons. The molecule has 0 atom stereocenters. The van der Waals surface area contributed by atoms with Crippen molar-refractivity contribution in [3.05, 3.63) is 59.7 Å². The molecule has 2 aromatic rings. The van der Waals surface area contributed by atoms with Gasteiger partial charge in [-0.2, -0.15) is 0 Å². The summed E-state index contributed by atoms with van der Waals surface area (Å²) in [5.41, 5.74) is 2.36. The number of hydrogen-bond donors (Lipinski definition) is 4. The van der Waals surface area contributed by atoms with Gasteiger partial charge in [0.15, 0.2) is 11.5 Å². The fraction of sp³-hybridized carbons (Fsp3) is 0.429. The van der Waals surface area contributed by atoms with Crippen LogP contribution in [0.15, 0.2) is 48.5 Å². The topological polar surface area (TPSA) is 73.8 Å². The minimum Gasteiger partial charge on any atom is -0.504 e. The summed E-state index contributed by atoms with van der Waals surface area (Å²) in [6.45, 7) is 5.07. The summed E-state index contributed by atoms with van der Waals surface area (Å²) in [5.74, 6) is -0.145. The molecule has 0 aliphatic rings. The molecule has 0 saturated carbocycles. The predicted molar refractivity (Wildman–Crippen MR) is 105 cm³/mol. The zero-order chi connectivity index (χ0) is 18.5. The van der Waals surface area contributed by atoms with Crippen LogP contribution in [0.4, 0.5) is 0 Å². The van der Waals surface area contributed by atoms with Gasteiger partial charge in [-0.1, -0.05) is 36.4 Å². The van der Waals surface area contributed by atoms with Crippen LogP contribution in [-0.4, -0.2) is 49.6 Å². The average Bonchev–Trinajstić information content (AvgIpc) is 2.66. The van der Waals surface area contributed by atoms with E-state index in [-0.39, 0.29) is 11.5 Å². The SMILES string of the molecule is Oc1ccc(CCNCCOCCCNCCc2ccccc2)cc1O. The number of phenols is 2. The second kappa shape index (κ2) is 12.3. The third-order valence-corrected chi connectivity index (χ3v) is 4.13. The van der Waals surface area contributed by atoms with Crippen molar-refractivity contribution in [1.29, 1.82) is 0 Å². The van der Waals surface area contributed by atoms with Crippen molar-refractivity contribution in [2.75, 3.05) is 39.4 Å². The van der Waals surface area contributed by atoms with Gasteiger partial charge >= 0.3 is 0 Å². The number of aromatic hydroxyl groups is 2. The molecule has 0 unspecified atom stereocenters. The van der Waals surface area contributed by atoms with Crippen molar-refractivity contribution in [2.45, 2.75) is 19.3 Å². The molecule has 5 nitrogen and oxygen atoms in total. The number of benzene rings is 2. The van der Waals surface area contributed by atoms with Gasteiger partial charge in [0, 0.05) is 13.2 Å². The van der Waals surface area contributed by atoms with Gasteiger partial charge in [0.2, 0.25) is 0 Å². The minimum absolute atomic E-state index is 0.0665. The lowest BCUT2D eigenvalue weighted by molar-refractivity contribution is 0.133. The molecule has 2 aromatic carbocycles.